The van der Waals surface area contributed by atoms with Crippen LogP contribution in [-0.2, 0) is 0 Å². The van der Waals surface area contributed by atoms with E-state index in [1.165, 1.54) is 0 Å². The number of hydrogen-bond acceptors (Lipinski definition) is 2. The molecule has 2 aromatic carbocycles. The third kappa shape index (κ3) is 2.40. The molecule has 1 amide bonds. The molecule has 0 aliphatic rings. The molecule has 0 fully saturated rings. The Morgan fingerprint density at radius 1 is 1.10 bits per heavy atom. The maximum Gasteiger partial charge on any atom is 0.257 e. The molecule has 0 radical (unpaired) electrons. The molecule has 21 heavy (non-hydrogen) atoms. The number of amides is 1. The standard InChI is InChI=1S/C17H17N3O/c1-10-8-11(2)15(12(3)9-10)17(21)18-16-13-6-4-5-7-14(13)19-20-16/h4-9H,1-3H3,(H2,18,19,20,21). The molecular weight excluding hydrogens is 262 g/mol. The summed E-state index contributed by atoms with van der Waals surface area (Å²) in [6, 6.07) is 11.8. The number of H-pyrrole nitrogens is 1. The van der Waals surface area contributed by atoms with Gasteiger partial charge in [-0.2, -0.15) is 5.10 Å². The summed E-state index contributed by atoms with van der Waals surface area (Å²) < 4.78 is 0. The van der Waals surface area contributed by atoms with Crippen molar-refractivity contribution in [2.45, 2.75) is 20.8 Å². The van der Waals surface area contributed by atoms with Gasteiger partial charge >= 0.3 is 0 Å². The van der Waals surface area contributed by atoms with Gasteiger partial charge in [0.25, 0.3) is 5.91 Å². The van der Waals surface area contributed by atoms with E-state index in [1.54, 1.807) is 0 Å². The molecule has 0 atom stereocenters. The van der Waals surface area contributed by atoms with E-state index in [-0.39, 0.29) is 5.91 Å². The van der Waals surface area contributed by atoms with Crippen LogP contribution in [0.4, 0.5) is 5.82 Å². The van der Waals surface area contributed by atoms with E-state index in [0.717, 1.165) is 27.6 Å². The summed E-state index contributed by atoms with van der Waals surface area (Å²) in [7, 11) is 0. The second-order valence-electron chi connectivity index (χ2n) is 5.35. The van der Waals surface area contributed by atoms with Crippen molar-refractivity contribution in [2.24, 2.45) is 0 Å². The number of carbonyl (C=O) groups excluding carboxylic acids is 1. The highest BCUT2D eigenvalue weighted by atomic mass is 16.1. The number of fused-ring (bicyclic) bond motifs is 1. The molecule has 0 bridgehead atoms. The summed E-state index contributed by atoms with van der Waals surface area (Å²) in [6.45, 7) is 5.94. The number of aryl methyl sites for hydroxylation is 3. The monoisotopic (exact) mass is 279 g/mol. The van der Waals surface area contributed by atoms with Gasteiger partial charge in [0.15, 0.2) is 5.82 Å². The van der Waals surface area contributed by atoms with E-state index in [1.807, 2.05) is 57.2 Å². The van der Waals surface area contributed by atoms with Crippen LogP contribution >= 0.6 is 0 Å². The second-order valence-corrected chi connectivity index (χ2v) is 5.35. The summed E-state index contributed by atoms with van der Waals surface area (Å²) in [5.41, 5.74) is 4.74. The van der Waals surface area contributed by atoms with Crippen LogP contribution in [0.3, 0.4) is 0 Å². The first kappa shape index (κ1) is 13.4. The summed E-state index contributed by atoms with van der Waals surface area (Å²) in [6.07, 6.45) is 0. The predicted octanol–water partition coefficient (Wildman–Crippen LogP) is 3.74. The van der Waals surface area contributed by atoms with Crippen LogP contribution in [0, 0.1) is 20.8 Å². The molecule has 4 heteroatoms. The number of para-hydroxylation sites is 1. The highest BCUT2D eigenvalue weighted by Crippen LogP contribution is 2.22. The van der Waals surface area contributed by atoms with Crippen molar-refractivity contribution in [2.75, 3.05) is 5.32 Å². The van der Waals surface area contributed by atoms with Crippen LogP contribution in [0.1, 0.15) is 27.0 Å². The zero-order valence-corrected chi connectivity index (χ0v) is 12.3. The Bertz CT molecular complexity index is 810. The molecule has 1 aromatic heterocycles. The first-order valence-corrected chi connectivity index (χ1v) is 6.88. The van der Waals surface area contributed by atoms with Gasteiger partial charge in [-0.25, -0.2) is 0 Å². The van der Waals surface area contributed by atoms with Crippen molar-refractivity contribution in [1.29, 1.82) is 0 Å². The third-order valence-electron chi connectivity index (χ3n) is 3.61. The fourth-order valence-electron chi connectivity index (χ4n) is 2.77. The molecular formula is C17H17N3O. The van der Waals surface area contributed by atoms with Crippen LogP contribution in [0.5, 0.6) is 0 Å². The number of aromatic amines is 1. The summed E-state index contributed by atoms with van der Waals surface area (Å²) in [5, 5.41) is 10.9. The molecule has 0 unspecified atom stereocenters. The Kier molecular flexibility index (Phi) is 3.22. The van der Waals surface area contributed by atoms with Gasteiger partial charge in [0.05, 0.1) is 5.52 Å². The van der Waals surface area contributed by atoms with E-state index in [9.17, 15) is 4.79 Å². The molecule has 4 nitrogen and oxygen atoms in total. The number of anilines is 1. The molecule has 0 spiro atoms. The van der Waals surface area contributed by atoms with Gasteiger partial charge in [-0.15, -0.1) is 0 Å². The van der Waals surface area contributed by atoms with Crippen LogP contribution in [0.25, 0.3) is 10.9 Å². The van der Waals surface area contributed by atoms with Gasteiger partial charge in [-0.1, -0.05) is 29.8 Å². The van der Waals surface area contributed by atoms with Crippen molar-refractivity contribution in [3.8, 4) is 0 Å². The van der Waals surface area contributed by atoms with Gasteiger partial charge in [0, 0.05) is 10.9 Å². The van der Waals surface area contributed by atoms with Gasteiger partial charge in [-0.05, 0) is 44.0 Å². The van der Waals surface area contributed by atoms with Crippen molar-refractivity contribution < 1.29 is 4.79 Å². The molecule has 3 rings (SSSR count). The normalized spacial score (nSPS) is 10.8. The van der Waals surface area contributed by atoms with E-state index < -0.39 is 0 Å². The van der Waals surface area contributed by atoms with Crippen molar-refractivity contribution in [3.05, 3.63) is 58.7 Å². The Hall–Kier alpha value is -2.62. The highest BCUT2D eigenvalue weighted by molar-refractivity contribution is 6.09. The van der Waals surface area contributed by atoms with Crippen molar-refractivity contribution >= 4 is 22.6 Å². The van der Waals surface area contributed by atoms with Gasteiger partial charge in [-0.3, -0.25) is 9.89 Å². The van der Waals surface area contributed by atoms with Crippen molar-refractivity contribution in [3.63, 3.8) is 0 Å². The van der Waals surface area contributed by atoms with Crippen LogP contribution in [-0.4, -0.2) is 16.1 Å². The number of nitrogens with one attached hydrogen (secondary N) is 2. The first-order valence-electron chi connectivity index (χ1n) is 6.88. The van der Waals surface area contributed by atoms with Crippen LogP contribution < -0.4 is 5.32 Å². The first-order chi connectivity index (χ1) is 10.1. The quantitative estimate of drug-likeness (QED) is 0.750. The number of aromatic nitrogens is 2. The lowest BCUT2D eigenvalue weighted by atomic mass is 9.99. The number of benzene rings is 2. The molecule has 0 aliphatic heterocycles. The fraction of sp³-hybridized carbons (Fsp3) is 0.176. The molecule has 106 valence electrons. The summed E-state index contributed by atoms with van der Waals surface area (Å²) in [5.74, 6) is 0.442. The van der Waals surface area contributed by atoms with Crippen molar-refractivity contribution in [1.82, 2.24) is 10.2 Å². The molecule has 0 aliphatic carbocycles. The minimum atomic E-state index is -0.123. The largest absolute Gasteiger partial charge is 0.305 e. The third-order valence-corrected chi connectivity index (χ3v) is 3.61. The Morgan fingerprint density at radius 3 is 2.48 bits per heavy atom. The number of nitrogens with zero attached hydrogens (tertiary/aromatic N) is 1. The van der Waals surface area contributed by atoms with E-state index in [2.05, 4.69) is 15.5 Å². The fourth-order valence-corrected chi connectivity index (χ4v) is 2.77. The lowest BCUT2D eigenvalue weighted by molar-refractivity contribution is 0.102. The zero-order valence-electron chi connectivity index (χ0n) is 12.3. The minimum Gasteiger partial charge on any atom is -0.305 e. The smallest absolute Gasteiger partial charge is 0.257 e. The van der Waals surface area contributed by atoms with Gasteiger partial charge in [0.2, 0.25) is 0 Å². The molecule has 1 heterocycles. The second kappa shape index (κ2) is 5.05. The Morgan fingerprint density at radius 2 is 1.76 bits per heavy atom. The van der Waals surface area contributed by atoms with E-state index in [0.29, 0.717) is 11.4 Å². The zero-order chi connectivity index (χ0) is 15.0. The van der Waals surface area contributed by atoms with Gasteiger partial charge in [0.1, 0.15) is 0 Å². The number of hydrogen-bond donors (Lipinski definition) is 2. The lowest BCUT2D eigenvalue weighted by Crippen LogP contribution is -2.15. The molecule has 2 N–H and O–H groups in total. The SMILES string of the molecule is Cc1cc(C)c(C(=O)Nc2n[nH]c3ccccc23)c(C)c1. The van der Waals surface area contributed by atoms with E-state index in [4.69, 9.17) is 0 Å². The minimum absolute atomic E-state index is 0.123. The highest BCUT2D eigenvalue weighted by Gasteiger charge is 2.15. The molecule has 0 saturated heterocycles. The van der Waals surface area contributed by atoms with Crippen LogP contribution in [0.15, 0.2) is 36.4 Å². The van der Waals surface area contributed by atoms with E-state index >= 15 is 0 Å². The predicted molar refractivity (Wildman–Crippen MR) is 84.7 cm³/mol. The topological polar surface area (TPSA) is 57.8 Å². The Labute approximate surface area is 123 Å². The molecule has 3 aromatic rings. The van der Waals surface area contributed by atoms with Crippen LogP contribution in [0.2, 0.25) is 0 Å². The number of rotatable bonds is 2. The van der Waals surface area contributed by atoms with Gasteiger partial charge < -0.3 is 5.32 Å². The maximum absolute atomic E-state index is 12.5. The average Bonchev–Trinajstić information content (AvgIpc) is 2.81. The average molecular weight is 279 g/mol. The summed E-state index contributed by atoms with van der Waals surface area (Å²) >= 11 is 0. The Balaban J connectivity index is 1.97. The summed E-state index contributed by atoms with van der Waals surface area (Å²) in [4.78, 5) is 12.5. The maximum atomic E-state index is 12.5. The lowest BCUT2D eigenvalue weighted by Gasteiger charge is -2.10. The number of carbonyl (C=O) groups is 1. The molecule has 0 saturated carbocycles.